The molecule has 5 heteroatoms. The van der Waals surface area contributed by atoms with Crippen LogP contribution in [0.3, 0.4) is 0 Å². The van der Waals surface area contributed by atoms with Gasteiger partial charge in [0.05, 0.1) is 10.0 Å². The van der Waals surface area contributed by atoms with Gasteiger partial charge in [-0.15, -0.1) is 0 Å². The smallest absolute Gasteiger partial charge is 0.182 e. The number of aliphatic imine (C=N–C) groups is 1. The molecule has 0 saturated heterocycles. The lowest BCUT2D eigenvalue weighted by atomic mass is 10.2. The fourth-order valence-corrected chi connectivity index (χ4v) is 2.00. The van der Waals surface area contributed by atoms with Crippen molar-refractivity contribution in [1.82, 2.24) is 5.32 Å². The molecule has 0 bridgehead atoms. The van der Waals surface area contributed by atoms with E-state index in [4.69, 9.17) is 28.5 Å². The van der Waals surface area contributed by atoms with Gasteiger partial charge in [-0.1, -0.05) is 59.6 Å². The quantitative estimate of drug-likeness (QED) is 0.391. The predicted octanol–water partition coefficient (Wildman–Crippen LogP) is 4.14. The number of halogens is 2. The average Bonchev–Trinajstić information content (AvgIpc) is 2.43. The summed E-state index contributed by atoms with van der Waals surface area (Å²) < 4.78 is 0. The lowest BCUT2D eigenvalue weighted by Gasteiger charge is -2.06. The number of benzene rings is 2. The summed E-state index contributed by atoms with van der Waals surface area (Å²) in [5.74, 6) is 0.401. The van der Waals surface area contributed by atoms with Gasteiger partial charge in [0.25, 0.3) is 0 Å². The van der Waals surface area contributed by atoms with Gasteiger partial charge >= 0.3 is 0 Å². The fraction of sp³-hybridized carbons (Fsp3) is 0. The number of para-hydroxylation sites is 1. The molecule has 19 heavy (non-hydrogen) atoms. The van der Waals surface area contributed by atoms with Gasteiger partial charge in [0, 0.05) is 5.56 Å². The zero-order valence-electron chi connectivity index (χ0n) is 9.77. The second-order valence-corrected chi connectivity index (χ2v) is 4.45. The molecule has 0 aromatic heterocycles. The lowest BCUT2D eigenvalue weighted by Crippen LogP contribution is -2.18. The molecule has 0 amide bonds. The van der Waals surface area contributed by atoms with Crippen LogP contribution in [0.1, 0.15) is 5.56 Å². The molecule has 0 heterocycles. The first-order valence-corrected chi connectivity index (χ1v) is 6.21. The first-order valence-electron chi connectivity index (χ1n) is 5.45. The van der Waals surface area contributed by atoms with Crippen LogP contribution in [0.25, 0.3) is 0 Å². The molecule has 0 unspecified atom stereocenters. The molecule has 0 spiro atoms. The van der Waals surface area contributed by atoms with Crippen LogP contribution >= 0.6 is 23.2 Å². The second kappa shape index (κ2) is 6.24. The van der Waals surface area contributed by atoms with Crippen molar-refractivity contribution in [2.24, 2.45) is 4.99 Å². The Morgan fingerprint density at radius 3 is 2.21 bits per heavy atom. The van der Waals surface area contributed by atoms with Crippen molar-refractivity contribution < 1.29 is 0 Å². The Kier molecular flexibility index (Phi) is 4.40. The minimum Gasteiger partial charge on any atom is -0.276 e. The Labute approximate surface area is 121 Å². The van der Waals surface area contributed by atoms with Gasteiger partial charge in [-0.05, 0) is 12.1 Å². The van der Waals surface area contributed by atoms with Crippen LogP contribution in [0, 0.1) is 11.5 Å². The van der Waals surface area contributed by atoms with Crippen LogP contribution in [-0.2, 0) is 0 Å². The average molecular weight is 290 g/mol. The van der Waals surface area contributed by atoms with Crippen LogP contribution in [0.15, 0.2) is 53.5 Å². The standard InChI is InChI=1S/C14H9Cl2N3/c15-11-7-4-8-12(16)13(11)19-14(18-9-17)10-5-2-1-3-6-10/h1-8H,(H,18,19). The van der Waals surface area contributed by atoms with Crippen molar-refractivity contribution in [1.29, 1.82) is 5.26 Å². The van der Waals surface area contributed by atoms with Gasteiger partial charge in [0.1, 0.15) is 11.5 Å². The Morgan fingerprint density at radius 2 is 1.63 bits per heavy atom. The van der Waals surface area contributed by atoms with Gasteiger partial charge in [-0.25, -0.2) is 4.99 Å². The summed E-state index contributed by atoms with van der Waals surface area (Å²) in [5, 5.41) is 12.2. The summed E-state index contributed by atoms with van der Waals surface area (Å²) >= 11 is 12.1. The van der Waals surface area contributed by atoms with E-state index in [1.54, 1.807) is 18.2 Å². The van der Waals surface area contributed by atoms with E-state index in [1.807, 2.05) is 36.5 Å². The SMILES string of the molecule is N#CNC(=Nc1c(Cl)cccc1Cl)c1ccccc1. The van der Waals surface area contributed by atoms with Crippen molar-refractivity contribution in [3.8, 4) is 6.19 Å². The first kappa shape index (κ1) is 13.4. The fourth-order valence-electron chi connectivity index (χ4n) is 1.52. The zero-order valence-corrected chi connectivity index (χ0v) is 11.3. The summed E-state index contributed by atoms with van der Waals surface area (Å²) in [6.45, 7) is 0. The highest BCUT2D eigenvalue weighted by Gasteiger charge is 2.08. The number of nitrogens with zero attached hydrogens (tertiary/aromatic N) is 2. The van der Waals surface area contributed by atoms with Crippen molar-refractivity contribution in [3.63, 3.8) is 0 Å². The highest BCUT2D eigenvalue weighted by atomic mass is 35.5. The number of nitrogens with one attached hydrogen (secondary N) is 1. The second-order valence-electron chi connectivity index (χ2n) is 3.63. The molecule has 2 aromatic rings. The molecule has 0 saturated carbocycles. The number of hydrogen-bond acceptors (Lipinski definition) is 2. The van der Waals surface area contributed by atoms with Gasteiger partial charge in [0.2, 0.25) is 0 Å². The number of nitriles is 1. The summed E-state index contributed by atoms with van der Waals surface area (Å²) in [4.78, 5) is 4.34. The largest absolute Gasteiger partial charge is 0.276 e. The third kappa shape index (κ3) is 3.25. The van der Waals surface area contributed by atoms with E-state index in [2.05, 4.69) is 10.3 Å². The van der Waals surface area contributed by atoms with Crippen LogP contribution in [-0.4, -0.2) is 5.84 Å². The maximum absolute atomic E-state index is 8.81. The third-order valence-electron chi connectivity index (χ3n) is 2.38. The molecular formula is C14H9Cl2N3. The summed E-state index contributed by atoms with van der Waals surface area (Å²) in [7, 11) is 0. The Hall–Kier alpha value is -2.02. The summed E-state index contributed by atoms with van der Waals surface area (Å²) in [5.41, 5.74) is 1.22. The minimum atomic E-state index is 0.401. The molecular weight excluding hydrogens is 281 g/mol. The molecule has 1 N–H and O–H groups in total. The van der Waals surface area contributed by atoms with Crippen LogP contribution < -0.4 is 5.32 Å². The van der Waals surface area contributed by atoms with Gasteiger partial charge in [-0.2, -0.15) is 5.26 Å². The van der Waals surface area contributed by atoms with Crippen LogP contribution in [0.5, 0.6) is 0 Å². The van der Waals surface area contributed by atoms with Gasteiger partial charge in [-0.3, -0.25) is 5.32 Å². The molecule has 0 aliphatic rings. The lowest BCUT2D eigenvalue weighted by molar-refractivity contribution is 1.24. The third-order valence-corrected chi connectivity index (χ3v) is 2.99. The van der Waals surface area contributed by atoms with Gasteiger partial charge < -0.3 is 0 Å². The predicted molar refractivity (Wildman–Crippen MR) is 77.8 cm³/mol. The van der Waals surface area contributed by atoms with E-state index in [0.29, 0.717) is 21.6 Å². The van der Waals surface area contributed by atoms with Crippen LogP contribution in [0.2, 0.25) is 10.0 Å². The van der Waals surface area contributed by atoms with Crippen molar-refractivity contribution in [3.05, 3.63) is 64.1 Å². The van der Waals surface area contributed by atoms with Crippen molar-refractivity contribution >= 4 is 34.7 Å². The maximum atomic E-state index is 8.81. The Morgan fingerprint density at radius 1 is 1.00 bits per heavy atom. The molecule has 3 nitrogen and oxygen atoms in total. The summed E-state index contributed by atoms with van der Waals surface area (Å²) in [6, 6.07) is 14.4. The highest BCUT2D eigenvalue weighted by Crippen LogP contribution is 2.32. The monoisotopic (exact) mass is 289 g/mol. The van der Waals surface area contributed by atoms with Crippen molar-refractivity contribution in [2.75, 3.05) is 0 Å². The molecule has 0 radical (unpaired) electrons. The number of amidine groups is 1. The van der Waals surface area contributed by atoms with E-state index < -0.39 is 0 Å². The van der Waals surface area contributed by atoms with E-state index in [9.17, 15) is 0 Å². The minimum absolute atomic E-state index is 0.401. The van der Waals surface area contributed by atoms with Crippen molar-refractivity contribution in [2.45, 2.75) is 0 Å². The molecule has 2 rings (SSSR count). The molecule has 0 atom stereocenters. The molecule has 0 fully saturated rings. The van der Waals surface area contributed by atoms with Crippen LogP contribution in [0.4, 0.5) is 5.69 Å². The normalized spacial score (nSPS) is 10.9. The topological polar surface area (TPSA) is 48.2 Å². The molecule has 2 aromatic carbocycles. The number of rotatable bonds is 2. The summed E-state index contributed by atoms with van der Waals surface area (Å²) in [6.07, 6.45) is 1.86. The maximum Gasteiger partial charge on any atom is 0.182 e. The van der Waals surface area contributed by atoms with E-state index in [-0.39, 0.29) is 0 Å². The first-order chi connectivity index (χ1) is 9.22. The Balaban J connectivity index is 2.51. The van der Waals surface area contributed by atoms with E-state index >= 15 is 0 Å². The number of hydrogen-bond donors (Lipinski definition) is 1. The molecule has 0 aliphatic heterocycles. The Bertz CT molecular complexity index is 625. The van der Waals surface area contributed by atoms with E-state index in [1.165, 1.54) is 0 Å². The zero-order chi connectivity index (χ0) is 13.7. The molecule has 94 valence electrons. The van der Waals surface area contributed by atoms with E-state index in [0.717, 1.165) is 5.56 Å². The highest BCUT2D eigenvalue weighted by molar-refractivity contribution is 6.39. The molecule has 0 aliphatic carbocycles. The van der Waals surface area contributed by atoms with Gasteiger partial charge in [0.15, 0.2) is 6.19 Å².